The second-order valence-electron chi connectivity index (χ2n) is 6.13. The number of benzene rings is 2. The largest absolute Gasteiger partial charge is 0.370 e. The van der Waals surface area contributed by atoms with Crippen molar-refractivity contribution < 1.29 is 0 Å². The third-order valence-electron chi connectivity index (χ3n) is 4.75. The Morgan fingerprint density at radius 2 is 2.00 bits per heavy atom. The summed E-state index contributed by atoms with van der Waals surface area (Å²) in [6.07, 6.45) is 4.73. The molecule has 1 fully saturated rings. The number of hydrogen-bond donors (Lipinski definition) is 0. The van der Waals surface area contributed by atoms with E-state index in [-0.39, 0.29) is 0 Å². The highest BCUT2D eigenvalue weighted by molar-refractivity contribution is 5.67. The van der Waals surface area contributed by atoms with Crippen LogP contribution in [-0.4, -0.2) is 11.4 Å². The van der Waals surface area contributed by atoms with Crippen LogP contribution in [0, 0.1) is 11.3 Å². The minimum Gasteiger partial charge on any atom is -0.370 e. The number of likely N-dealkylation sites (tertiary alicyclic amines) is 1. The fourth-order valence-corrected chi connectivity index (χ4v) is 3.70. The van der Waals surface area contributed by atoms with Gasteiger partial charge in [-0.25, -0.2) is 0 Å². The smallest absolute Gasteiger partial charge is 0.0991 e. The van der Waals surface area contributed by atoms with E-state index in [9.17, 15) is 0 Å². The molecule has 0 amide bonds. The van der Waals surface area contributed by atoms with Gasteiger partial charge in [-0.2, -0.15) is 5.26 Å². The van der Waals surface area contributed by atoms with Crippen LogP contribution in [-0.2, 0) is 6.54 Å². The number of piperidine rings is 1. The molecule has 4 rings (SSSR count). The van der Waals surface area contributed by atoms with Crippen molar-refractivity contribution in [3.05, 3.63) is 76.5 Å². The molecule has 2 aliphatic rings. The minimum absolute atomic E-state index is 0.473. The first kappa shape index (κ1) is 13.2. The van der Waals surface area contributed by atoms with Crippen LogP contribution in [0.25, 0.3) is 6.08 Å². The molecule has 0 bridgehead atoms. The van der Waals surface area contributed by atoms with Crippen LogP contribution in [0.3, 0.4) is 0 Å². The molecule has 108 valence electrons. The van der Waals surface area contributed by atoms with Gasteiger partial charge >= 0.3 is 0 Å². The van der Waals surface area contributed by atoms with E-state index in [1.807, 2.05) is 6.07 Å². The highest BCUT2D eigenvalue weighted by atomic mass is 15.1. The van der Waals surface area contributed by atoms with E-state index in [0.717, 1.165) is 18.7 Å². The average molecular weight is 286 g/mol. The Balaban J connectivity index is 1.65. The summed E-state index contributed by atoms with van der Waals surface area (Å²) < 4.78 is 0. The van der Waals surface area contributed by atoms with E-state index in [2.05, 4.69) is 59.5 Å². The fraction of sp³-hybridized carbons (Fsp3) is 0.250. The Kier molecular flexibility index (Phi) is 3.20. The summed E-state index contributed by atoms with van der Waals surface area (Å²) in [6, 6.07) is 19.0. The number of nitriles is 1. The fourth-order valence-electron chi connectivity index (χ4n) is 3.70. The molecule has 0 unspecified atom stereocenters. The van der Waals surface area contributed by atoms with Gasteiger partial charge in [0.15, 0.2) is 0 Å². The van der Waals surface area contributed by atoms with Crippen molar-refractivity contribution in [2.75, 3.05) is 6.54 Å². The maximum atomic E-state index is 9.13. The van der Waals surface area contributed by atoms with E-state index in [1.165, 1.54) is 35.2 Å². The molecule has 2 aromatic carbocycles. The zero-order chi connectivity index (χ0) is 14.9. The van der Waals surface area contributed by atoms with Crippen molar-refractivity contribution in [1.82, 2.24) is 4.90 Å². The molecule has 1 atom stereocenters. The monoisotopic (exact) mass is 286 g/mol. The highest BCUT2D eigenvalue weighted by Gasteiger charge is 2.32. The van der Waals surface area contributed by atoms with E-state index in [1.54, 1.807) is 0 Å². The van der Waals surface area contributed by atoms with Crippen LogP contribution in [0.15, 0.2) is 54.2 Å². The van der Waals surface area contributed by atoms with Gasteiger partial charge in [-0.3, -0.25) is 0 Å². The lowest BCUT2D eigenvalue weighted by Gasteiger charge is -2.35. The van der Waals surface area contributed by atoms with Crippen molar-refractivity contribution in [3.63, 3.8) is 0 Å². The molecule has 0 N–H and O–H groups in total. The Hall–Kier alpha value is -2.53. The molecule has 1 aliphatic carbocycles. The summed E-state index contributed by atoms with van der Waals surface area (Å²) >= 11 is 0. The van der Waals surface area contributed by atoms with Gasteiger partial charge in [-0.05, 0) is 47.7 Å². The van der Waals surface area contributed by atoms with Gasteiger partial charge in [-0.1, -0.05) is 36.4 Å². The molecular formula is C20H18N2. The number of rotatable bonds is 2. The molecule has 0 radical (unpaired) electrons. The number of fused-ring (bicyclic) bond motifs is 3. The van der Waals surface area contributed by atoms with Gasteiger partial charge in [0.25, 0.3) is 0 Å². The molecule has 0 saturated carbocycles. The third kappa shape index (κ3) is 2.19. The molecule has 0 aromatic heterocycles. The predicted octanol–water partition coefficient (Wildman–Crippen LogP) is 4.29. The average Bonchev–Trinajstić information content (AvgIpc) is 2.95. The van der Waals surface area contributed by atoms with Crippen molar-refractivity contribution in [2.45, 2.75) is 25.3 Å². The first-order chi connectivity index (χ1) is 10.8. The predicted molar refractivity (Wildman–Crippen MR) is 88.0 cm³/mol. The van der Waals surface area contributed by atoms with Crippen molar-refractivity contribution in [3.8, 4) is 6.07 Å². The van der Waals surface area contributed by atoms with E-state index in [0.29, 0.717) is 5.92 Å². The molecule has 1 aliphatic heterocycles. The molecular weight excluding hydrogens is 268 g/mol. The van der Waals surface area contributed by atoms with Crippen molar-refractivity contribution in [2.24, 2.45) is 0 Å². The summed E-state index contributed by atoms with van der Waals surface area (Å²) in [7, 11) is 0. The summed E-state index contributed by atoms with van der Waals surface area (Å²) in [6.45, 7) is 2.10. The molecule has 0 spiro atoms. The third-order valence-corrected chi connectivity index (χ3v) is 4.75. The van der Waals surface area contributed by atoms with Crippen LogP contribution in [0.1, 0.15) is 41.0 Å². The van der Waals surface area contributed by atoms with Gasteiger partial charge in [-0.15, -0.1) is 0 Å². The second-order valence-corrected chi connectivity index (χ2v) is 6.13. The van der Waals surface area contributed by atoms with E-state index < -0.39 is 0 Å². The zero-order valence-electron chi connectivity index (χ0n) is 12.5. The summed E-state index contributed by atoms with van der Waals surface area (Å²) in [5.74, 6) is 0.473. The maximum absolute atomic E-state index is 9.13. The van der Waals surface area contributed by atoms with Crippen molar-refractivity contribution in [1.29, 1.82) is 5.26 Å². The van der Waals surface area contributed by atoms with Gasteiger partial charge in [0, 0.05) is 24.7 Å². The molecule has 2 nitrogen and oxygen atoms in total. The Bertz CT molecular complexity index is 768. The molecule has 1 saturated heterocycles. The van der Waals surface area contributed by atoms with Crippen molar-refractivity contribution >= 4 is 6.08 Å². The van der Waals surface area contributed by atoms with Crippen LogP contribution >= 0.6 is 0 Å². The summed E-state index contributed by atoms with van der Waals surface area (Å²) in [5, 5.41) is 9.13. The standard InChI is InChI=1S/C20H18N2/c21-13-16-8-9-17-12-20-18(19(17)11-16)7-4-10-22(20)14-15-5-2-1-3-6-15/h1-3,5-6,8-9,11-12,18H,4,7,10,14H2/t18-/m1/s1. The Morgan fingerprint density at radius 3 is 2.82 bits per heavy atom. The lowest BCUT2D eigenvalue weighted by molar-refractivity contribution is 0.270. The molecule has 1 heterocycles. The quantitative estimate of drug-likeness (QED) is 0.823. The summed E-state index contributed by atoms with van der Waals surface area (Å²) in [5.41, 5.74) is 6.19. The van der Waals surface area contributed by atoms with E-state index in [4.69, 9.17) is 5.26 Å². The van der Waals surface area contributed by atoms with Crippen LogP contribution in [0.5, 0.6) is 0 Å². The molecule has 2 heteroatoms. The number of hydrogen-bond acceptors (Lipinski definition) is 2. The maximum Gasteiger partial charge on any atom is 0.0991 e. The van der Waals surface area contributed by atoms with E-state index >= 15 is 0 Å². The first-order valence-electron chi connectivity index (χ1n) is 7.89. The normalized spacial score (nSPS) is 19.1. The Morgan fingerprint density at radius 1 is 1.14 bits per heavy atom. The summed E-state index contributed by atoms with van der Waals surface area (Å²) in [4.78, 5) is 2.51. The minimum atomic E-state index is 0.473. The first-order valence-corrected chi connectivity index (χ1v) is 7.89. The lowest BCUT2D eigenvalue weighted by atomic mass is 9.89. The van der Waals surface area contributed by atoms with Gasteiger partial charge in [0.1, 0.15) is 0 Å². The van der Waals surface area contributed by atoms with Crippen LogP contribution in [0.2, 0.25) is 0 Å². The topological polar surface area (TPSA) is 27.0 Å². The lowest BCUT2D eigenvalue weighted by Crippen LogP contribution is -2.30. The highest BCUT2D eigenvalue weighted by Crippen LogP contribution is 2.44. The SMILES string of the molecule is N#Cc1ccc2c(c1)[C@H]1CCCN(Cc3ccccc3)C1=C2. The Labute approximate surface area is 131 Å². The second kappa shape index (κ2) is 5.35. The zero-order valence-corrected chi connectivity index (χ0v) is 12.5. The van der Waals surface area contributed by atoms with Gasteiger partial charge < -0.3 is 4.90 Å². The van der Waals surface area contributed by atoms with Crippen LogP contribution < -0.4 is 0 Å². The number of allylic oxidation sites excluding steroid dienone is 1. The molecule has 22 heavy (non-hydrogen) atoms. The molecule has 2 aromatic rings. The number of nitrogens with zero attached hydrogens (tertiary/aromatic N) is 2. The van der Waals surface area contributed by atoms with Crippen LogP contribution in [0.4, 0.5) is 0 Å². The van der Waals surface area contributed by atoms with Gasteiger partial charge in [0.2, 0.25) is 0 Å². The van der Waals surface area contributed by atoms with Gasteiger partial charge in [0.05, 0.1) is 11.6 Å².